The second kappa shape index (κ2) is 4.34. The number of methoxy groups -OCH3 is 1. The summed E-state index contributed by atoms with van der Waals surface area (Å²) in [5.41, 5.74) is 1.35. The topological polar surface area (TPSA) is 62.1 Å². The van der Waals surface area contributed by atoms with E-state index in [4.69, 9.17) is 9.47 Å². The van der Waals surface area contributed by atoms with Crippen LogP contribution in [0.15, 0.2) is 6.33 Å². The smallest absolute Gasteiger partial charge is 0.321 e. The van der Waals surface area contributed by atoms with Crippen LogP contribution in [0, 0.1) is 0 Å². The molecule has 0 bridgehead atoms. The minimum atomic E-state index is 0.310. The third-order valence-electron chi connectivity index (χ3n) is 2.15. The summed E-state index contributed by atoms with van der Waals surface area (Å²) in [6.07, 6.45) is 2.58. The Kier molecular flexibility index (Phi) is 2.89. The van der Waals surface area contributed by atoms with Crippen LogP contribution >= 0.6 is 0 Å². The summed E-state index contributed by atoms with van der Waals surface area (Å²) in [7, 11) is 3.44. The summed E-state index contributed by atoms with van der Waals surface area (Å²) in [6, 6.07) is 0.310. The molecule has 0 aromatic carbocycles. The molecular formula is C10H14N4O2. The molecule has 0 aliphatic carbocycles. The van der Waals surface area contributed by atoms with Crippen molar-refractivity contribution in [2.24, 2.45) is 7.05 Å². The number of nitrogens with zero attached hydrogens (tertiary/aromatic N) is 4. The van der Waals surface area contributed by atoms with Crippen molar-refractivity contribution in [2.75, 3.05) is 13.7 Å². The normalized spacial score (nSPS) is 10.7. The number of ether oxygens (including phenoxy) is 2. The zero-order valence-corrected chi connectivity index (χ0v) is 9.60. The van der Waals surface area contributed by atoms with Crippen LogP contribution in [0.3, 0.4) is 0 Å². The Morgan fingerprint density at radius 2 is 2.19 bits per heavy atom. The Morgan fingerprint density at radius 1 is 1.38 bits per heavy atom. The predicted octanol–water partition coefficient (Wildman–Crippen LogP) is 1.16. The lowest BCUT2D eigenvalue weighted by atomic mass is 10.5. The van der Waals surface area contributed by atoms with E-state index in [0.717, 1.165) is 11.9 Å². The van der Waals surface area contributed by atoms with Crippen LogP contribution in [0.25, 0.3) is 11.2 Å². The molecule has 0 unspecified atom stereocenters. The summed E-state index contributed by atoms with van der Waals surface area (Å²) in [5.74, 6) is 0.483. The molecule has 6 nitrogen and oxygen atoms in total. The highest BCUT2D eigenvalue weighted by Crippen LogP contribution is 2.23. The monoisotopic (exact) mass is 222 g/mol. The number of rotatable bonds is 4. The van der Waals surface area contributed by atoms with Crippen molar-refractivity contribution >= 4 is 11.2 Å². The maximum atomic E-state index is 5.36. The van der Waals surface area contributed by atoms with Crippen LogP contribution < -0.4 is 9.47 Å². The standard InChI is InChI=1S/C10H14N4O2/c1-4-5-16-10-12-8-7(9(13-10)15-3)14(2)6-11-8/h6H,4-5H2,1-3H3. The first-order valence-corrected chi connectivity index (χ1v) is 5.12. The average molecular weight is 222 g/mol. The van der Waals surface area contributed by atoms with Crippen molar-refractivity contribution in [1.82, 2.24) is 19.5 Å². The van der Waals surface area contributed by atoms with Crippen LogP contribution in [-0.2, 0) is 7.05 Å². The van der Waals surface area contributed by atoms with Crippen LogP contribution in [0.4, 0.5) is 0 Å². The Balaban J connectivity index is 2.47. The maximum absolute atomic E-state index is 5.36. The van der Waals surface area contributed by atoms with E-state index in [1.807, 2.05) is 18.5 Å². The first-order valence-electron chi connectivity index (χ1n) is 5.12. The summed E-state index contributed by atoms with van der Waals surface area (Å²) in [6.45, 7) is 2.61. The summed E-state index contributed by atoms with van der Waals surface area (Å²) in [4.78, 5) is 12.5. The molecule has 0 radical (unpaired) electrons. The van der Waals surface area contributed by atoms with Crippen LogP contribution in [0.2, 0.25) is 0 Å². The highest BCUT2D eigenvalue weighted by atomic mass is 16.5. The third-order valence-corrected chi connectivity index (χ3v) is 2.15. The van der Waals surface area contributed by atoms with Crippen LogP contribution in [0.5, 0.6) is 11.9 Å². The number of aromatic nitrogens is 4. The fraction of sp³-hybridized carbons (Fsp3) is 0.500. The molecule has 16 heavy (non-hydrogen) atoms. The lowest BCUT2D eigenvalue weighted by Gasteiger charge is -2.05. The molecule has 2 aromatic rings. The zero-order valence-electron chi connectivity index (χ0n) is 9.60. The van der Waals surface area contributed by atoms with Crippen LogP contribution in [0.1, 0.15) is 13.3 Å². The van der Waals surface area contributed by atoms with Gasteiger partial charge in [-0.2, -0.15) is 9.97 Å². The van der Waals surface area contributed by atoms with E-state index in [-0.39, 0.29) is 0 Å². The molecule has 0 amide bonds. The van der Waals surface area contributed by atoms with Crippen molar-refractivity contribution in [3.05, 3.63) is 6.33 Å². The SMILES string of the molecule is CCCOc1nc(OC)c2c(ncn2C)n1. The molecule has 6 heteroatoms. The number of aryl methyl sites for hydroxylation is 1. The lowest BCUT2D eigenvalue weighted by Crippen LogP contribution is -2.02. The first-order chi connectivity index (χ1) is 7.76. The Hall–Kier alpha value is -1.85. The molecule has 0 fully saturated rings. The molecule has 0 N–H and O–H groups in total. The lowest BCUT2D eigenvalue weighted by molar-refractivity contribution is 0.286. The van der Waals surface area contributed by atoms with Crippen molar-refractivity contribution in [3.8, 4) is 11.9 Å². The van der Waals surface area contributed by atoms with E-state index in [9.17, 15) is 0 Å². The second-order valence-corrected chi connectivity index (χ2v) is 3.39. The molecule has 0 aliphatic rings. The number of fused-ring (bicyclic) bond motifs is 1. The van der Waals surface area contributed by atoms with E-state index in [0.29, 0.717) is 24.1 Å². The van der Waals surface area contributed by atoms with Gasteiger partial charge in [-0.3, -0.25) is 0 Å². The van der Waals surface area contributed by atoms with Gasteiger partial charge in [-0.15, -0.1) is 0 Å². The summed E-state index contributed by atoms with van der Waals surface area (Å²) < 4.78 is 12.4. The van der Waals surface area contributed by atoms with Crippen molar-refractivity contribution in [3.63, 3.8) is 0 Å². The molecule has 2 aromatic heterocycles. The fourth-order valence-electron chi connectivity index (χ4n) is 1.40. The molecule has 86 valence electrons. The largest absolute Gasteiger partial charge is 0.479 e. The van der Waals surface area contributed by atoms with E-state index < -0.39 is 0 Å². The number of hydrogen-bond acceptors (Lipinski definition) is 5. The van der Waals surface area contributed by atoms with Gasteiger partial charge in [-0.05, 0) is 6.42 Å². The molecular weight excluding hydrogens is 208 g/mol. The van der Waals surface area contributed by atoms with Gasteiger partial charge in [0, 0.05) is 7.05 Å². The van der Waals surface area contributed by atoms with E-state index in [1.54, 1.807) is 13.4 Å². The zero-order chi connectivity index (χ0) is 11.5. The van der Waals surface area contributed by atoms with Gasteiger partial charge in [0.05, 0.1) is 20.0 Å². The molecule has 2 rings (SSSR count). The minimum Gasteiger partial charge on any atom is -0.479 e. The highest BCUT2D eigenvalue weighted by Gasteiger charge is 2.12. The van der Waals surface area contributed by atoms with E-state index in [2.05, 4.69) is 15.0 Å². The van der Waals surface area contributed by atoms with Crippen LogP contribution in [-0.4, -0.2) is 33.2 Å². The van der Waals surface area contributed by atoms with Gasteiger partial charge in [0.15, 0.2) is 11.2 Å². The maximum Gasteiger partial charge on any atom is 0.321 e. The van der Waals surface area contributed by atoms with E-state index >= 15 is 0 Å². The van der Waals surface area contributed by atoms with Gasteiger partial charge in [-0.25, -0.2) is 4.98 Å². The van der Waals surface area contributed by atoms with Gasteiger partial charge in [0.1, 0.15) is 0 Å². The molecule has 0 saturated heterocycles. The van der Waals surface area contributed by atoms with E-state index in [1.165, 1.54) is 0 Å². The molecule has 2 heterocycles. The van der Waals surface area contributed by atoms with Gasteiger partial charge >= 0.3 is 6.01 Å². The average Bonchev–Trinajstić information content (AvgIpc) is 2.67. The van der Waals surface area contributed by atoms with Crippen molar-refractivity contribution in [2.45, 2.75) is 13.3 Å². The predicted molar refractivity (Wildman–Crippen MR) is 58.6 cm³/mol. The van der Waals surface area contributed by atoms with Gasteiger partial charge in [0.25, 0.3) is 0 Å². The Morgan fingerprint density at radius 3 is 2.88 bits per heavy atom. The Labute approximate surface area is 93.2 Å². The first kappa shape index (κ1) is 10.7. The second-order valence-electron chi connectivity index (χ2n) is 3.39. The third kappa shape index (κ3) is 1.78. The summed E-state index contributed by atoms with van der Waals surface area (Å²) >= 11 is 0. The summed E-state index contributed by atoms with van der Waals surface area (Å²) in [5, 5.41) is 0. The quantitative estimate of drug-likeness (QED) is 0.776. The van der Waals surface area contributed by atoms with Gasteiger partial charge < -0.3 is 14.0 Å². The Bertz CT molecular complexity index is 495. The van der Waals surface area contributed by atoms with Crippen molar-refractivity contribution < 1.29 is 9.47 Å². The molecule has 0 saturated carbocycles. The van der Waals surface area contributed by atoms with Gasteiger partial charge in [-0.1, -0.05) is 6.92 Å². The van der Waals surface area contributed by atoms with Gasteiger partial charge in [0.2, 0.25) is 5.88 Å². The fourth-order valence-corrected chi connectivity index (χ4v) is 1.40. The molecule has 0 aliphatic heterocycles. The number of imidazole rings is 1. The van der Waals surface area contributed by atoms with Crippen molar-refractivity contribution in [1.29, 1.82) is 0 Å². The minimum absolute atomic E-state index is 0.310. The number of hydrogen-bond donors (Lipinski definition) is 0. The highest BCUT2D eigenvalue weighted by molar-refractivity contribution is 5.76. The molecule has 0 spiro atoms. The molecule has 0 atom stereocenters.